The number of nitrogens with zero attached hydrogens (tertiary/aromatic N) is 4. The fourth-order valence-corrected chi connectivity index (χ4v) is 3.98. The van der Waals surface area contributed by atoms with Crippen LogP contribution in [0.3, 0.4) is 0 Å². The number of hydrogen-bond donors (Lipinski definition) is 1. The van der Waals surface area contributed by atoms with Crippen LogP contribution in [-0.4, -0.2) is 70.7 Å². The molecular weight excluding hydrogens is 473 g/mol. The highest BCUT2D eigenvalue weighted by molar-refractivity contribution is 6.31. The largest absolute Gasteiger partial charge is 0.508 e. The molecule has 3 heterocycles. The van der Waals surface area contributed by atoms with Crippen LogP contribution in [0.2, 0.25) is 5.02 Å². The van der Waals surface area contributed by atoms with Crippen LogP contribution in [0.15, 0.2) is 18.2 Å². The Labute approximate surface area is 199 Å². The molecule has 0 radical (unpaired) electrons. The molecule has 0 aliphatic carbocycles. The molecule has 13 heteroatoms. The smallest absolute Gasteiger partial charge is 0.435 e. The molecular formula is C21H23ClFN5O6. The van der Waals surface area contributed by atoms with Crippen molar-refractivity contribution in [2.45, 2.75) is 32.5 Å². The number of anilines is 1. The zero-order valence-electron chi connectivity index (χ0n) is 18.5. The van der Waals surface area contributed by atoms with Gasteiger partial charge < -0.3 is 19.7 Å². The number of benzene rings is 1. The number of hydroxylamine groups is 2. The second-order valence-electron chi connectivity index (χ2n) is 7.71. The van der Waals surface area contributed by atoms with Crippen LogP contribution in [0, 0.1) is 5.82 Å². The number of aromatic nitrogens is 2. The maximum atomic E-state index is 13.4. The van der Waals surface area contributed by atoms with E-state index in [0.717, 1.165) is 5.06 Å². The molecule has 0 bridgehead atoms. The lowest BCUT2D eigenvalue weighted by Gasteiger charge is -2.27. The number of amides is 3. The van der Waals surface area contributed by atoms with Gasteiger partial charge in [0, 0.05) is 31.3 Å². The van der Waals surface area contributed by atoms with Crippen molar-refractivity contribution in [3.8, 4) is 0 Å². The molecule has 2 aliphatic rings. The molecule has 2 aromatic rings. The van der Waals surface area contributed by atoms with Crippen LogP contribution in [0.1, 0.15) is 28.7 Å². The number of halogens is 2. The molecule has 34 heavy (non-hydrogen) atoms. The van der Waals surface area contributed by atoms with Crippen molar-refractivity contribution in [2.24, 2.45) is 0 Å². The standard InChI is InChI=1S/C21H23ClFN5O6/c1-3-32-21(31)33-11-13-9-28-18(19(29)26(2)34-13)14-10-27(7-6-17(14)25-28)20(30)24-12-4-5-16(23)15(22)8-12/h4-5,8,13H,3,6-7,9-11H2,1-2H3,(H,24,30). The topological polar surface area (TPSA) is 115 Å². The van der Waals surface area contributed by atoms with Crippen molar-refractivity contribution in [2.75, 3.05) is 32.1 Å². The second kappa shape index (κ2) is 9.85. The van der Waals surface area contributed by atoms with E-state index in [1.165, 1.54) is 34.8 Å². The van der Waals surface area contributed by atoms with Crippen LogP contribution in [0.5, 0.6) is 0 Å². The summed E-state index contributed by atoms with van der Waals surface area (Å²) in [5, 5.41) is 8.20. The summed E-state index contributed by atoms with van der Waals surface area (Å²) < 4.78 is 24.7. The summed E-state index contributed by atoms with van der Waals surface area (Å²) in [4.78, 5) is 44.5. The Morgan fingerprint density at radius 2 is 2.15 bits per heavy atom. The van der Waals surface area contributed by atoms with Gasteiger partial charge in [-0.2, -0.15) is 5.10 Å². The molecule has 11 nitrogen and oxygen atoms in total. The van der Waals surface area contributed by atoms with E-state index >= 15 is 0 Å². The predicted molar refractivity (Wildman–Crippen MR) is 117 cm³/mol. The van der Waals surface area contributed by atoms with Crippen LogP contribution in [0.4, 0.5) is 19.7 Å². The van der Waals surface area contributed by atoms with E-state index in [1.807, 2.05) is 0 Å². The van der Waals surface area contributed by atoms with E-state index in [2.05, 4.69) is 10.4 Å². The van der Waals surface area contributed by atoms with Crippen molar-refractivity contribution < 1.29 is 33.1 Å². The lowest BCUT2D eigenvalue weighted by Crippen LogP contribution is -2.39. The van der Waals surface area contributed by atoms with E-state index in [1.54, 1.807) is 6.92 Å². The van der Waals surface area contributed by atoms with Gasteiger partial charge in [0.05, 0.1) is 30.4 Å². The molecule has 0 saturated heterocycles. The van der Waals surface area contributed by atoms with Crippen LogP contribution < -0.4 is 5.32 Å². The van der Waals surface area contributed by atoms with Crippen molar-refractivity contribution >= 4 is 35.4 Å². The summed E-state index contributed by atoms with van der Waals surface area (Å²) in [6.45, 7) is 2.40. The number of fused-ring (bicyclic) bond motifs is 3. The van der Waals surface area contributed by atoms with Crippen molar-refractivity contribution in [1.82, 2.24) is 19.7 Å². The first-order valence-electron chi connectivity index (χ1n) is 10.6. The molecule has 2 aliphatic heterocycles. The molecule has 1 N–H and O–H groups in total. The van der Waals surface area contributed by atoms with Gasteiger partial charge in [-0.05, 0) is 25.1 Å². The monoisotopic (exact) mass is 495 g/mol. The third-order valence-electron chi connectivity index (χ3n) is 5.38. The van der Waals surface area contributed by atoms with E-state index in [0.29, 0.717) is 35.6 Å². The number of nitrogens with one attached hydrogen (secondary N) is 1. The quantitative estimate of drug-likeness (QED) is 0.648. The predicted octanol–water partition coefficient (Wildman–Crippen LogP) is 2.82. The molecule has 0 fully saturated rings. The minimum absolute atomic E-state index is 0.101. The summed E-state index contributed by atoms with van der Waals surface area (Å²) in [5.74, 6) is -1.01. The number of urea groups is 1. The fraction of sp³-hybridized carbons (Fsp3) is 0.429. The Morgan fingerprint density at radius 1 is 1.35 bits per heavy atom. The van der Waals surface area contributed by atoms with Gasteiger partial charge in [-0.1, -0.05) is 11.6 Å². The highest BCUT2D eigenvalue weighted by Gasteiger charge is 2.35. The van der Waals surface area contributed by atoms with E-state index < -0.39 is 30.0 Å². The number of ether oxygens (including phenoxy) is 2. The van der Waals surface area contributed by atoms with Gasteiger partial charge in [0.15, 0.2) is 0 Å². The van der Waals surface area contributed by atoms with Crippen molar-refractivity contribution in [3.63, 3.8) is 0 Å². The van der Waals surface area contributed by atoms with Gasteiger partial charge in [0.25, 0.3) is 5.91 Å². The molecule has 1 aromatic heterocycles. The Hall–Kier alpha value is -3.38. The first kappa shape index (κ1) is 23.8. The summed E-state index contributed by atoms with van der Waals surface area (Å²) in [5.41, 5.74) is 1.98. The Morgan fingerprint density at radius 3 is 2.88 bits per heavy atom. The summed E-state index contributed by atoms with van der Waals surface area (Å²) in [6.07, 6.45) is -1.05. The Balaban J connectivity index is 1.50. The Bertz CT molecular complexity index is 1130. The lowest BCUT2D eigenvalue weighted by molar-refractivity contribution is -0.162. The average molecular weight is 496 g/mol. The average Bonchev–Trinajstić information content (AvgIpc) is 3.10. The maximum Gasteiger partial charge on any atom is 0.508 e. The van der Waals surface area contributed by atoms with Gasteiger partial charge in [0.1, 0.15) is 24.2 Å². The Kier molecular flexibility index (Phi) is 6.89. The fourth-order valence-electron chi connectivity index (χ4n) is 3.80. The number of carbonyl (C=O) groups is 3. The summed E-state index contributed by atoms with van der Waals surface area (Å²) >= 11 is 5.79. The van der Waals surface area contributed by atoms with Crippen LogP contribution in [-0.2, 0) is 33.8 Å². The molecule has 1 unspecified atom stereocenters. The summed E-state index contributed by atoms with van der Waals surface area (Å²) in [7, 11) is 1.46. The van der Waals surface area contributed by atoms with Gasteiger partial charge >= 0.3 is 12.2 Å². The number of hydrogen-bond acceptors (Lipinski definition) is 7. The SMILES string of the molecule is CCOC(=O)OCC1Cn2nc3c(c2C(=O)N(C)O1)CN(C(=O)Nc1ccc(F)c(Cl)c1)CC3. The highest BCUT2D eigenvalue weighted by atomic mass is 35.5. The molecule has 0 spiro atoms. The summed E-state index contributed by atoms with van der Waals surface area (Å²) in [6, 6.07) is 3.49. The third kappa shape index (κ3) is 4.92. The van der Waals surface area contributed by atoms with Gasteiger partial charge in [-0.25, -0.2) is 19.0 Å². The molecule has 4 rings (SSSR count). The zero-order valence-corrected chi connectivity index (χ0v) is 19.3. The zero-order chi connectivity index (χ0) is 24.4. The van der Waals surface area contributed by atoms with Crippen molar-refractivity contribution in [3.05, 3.63) is 46.0 Å². The molecule has 0 saturated carbocycles. The van der Waals surface area contributed by atoms with E-state index in [-0.39, 0.29) is 31.3 Å². The minimum Gasteiger partial charge on any atom is -0.435 e. The molecule has 182 valence electrons. The van der Waals surface area contributed by atoms with E-state index in [9.17, 15) is 18.8 Å². The second-order valence-corrected chi connectivity index (χ2v) is 8.12. The number of rotatable bonds is 4. The first-order valence-corrected chi connectivity index (χ1v) is 11.0. The number of carbonyl (C=O) groups excluding carboxylic acids is 3. The van der Waals surface area contributed by atoms with Crippen LogP contribution in [0.25, 0.3) is 0 Å². The molecule has 1 aromatic carbocycles. The minimum atomic E-state index is -0.826. The van der Waals surface area contributed by atoms with Gasteiger partial charge in [-0.3, -0.25) is 14.3 Å². The maximum absolute atomic E-state index is 13.4. The van der Waals surface area contributed by atoms with Crippen molar-refractivity contribution in [1.29, 1.82) is 0 Å². The lowest BCUT2D eigenvalue weighted by atomic mass is 10.1. The van der Waals surface area contributed by atoms with Gasteiger partial charge in [0.2, 0.25) is 0 Å². The molecule has 3 amide bonds. The van der Waals surface area contributed by atoms with E-state index in [4.69, 9.17) is 25.9 Å². The third-order valence-corrected chi connectivity index (χ3v) is 5.67. The highest BCUT2D eigenvalue weighted by Crippen LogP contribution is 2.27. The van der Waals surface area contributed by atoms with Crippen LogP contribution >= 0.6 is 11.6 Å². The van der Waals surface area contributed by atoms with Gasteiger partial charge in [-0.15, -0.1) is 0 Å². The first-order chi connectivity index (χ1) is 16.3. The molecule has 1 atom stereocenters. The normalized spacial score (nSPS) is 17.5.